The van der Waals surface area contributed by atoms with Crippen LogP contribution >= 0.6 is 11.6 Å². The summed E-state index contributed by atoms with van der Waals surface area (Å²) in [6.07, 6.45) is 1.39. The fourth-order valence-corrected chi connectivity index (χ4v) is 2.22. The maximum atomic E-state index is 5.93. The van der Waals surface area contributed by atoms with Gasteiger partial charge in [0.05, 0.1) is 0 Å². The molecule has 4 rings (SSSR count). The van der Waals surface area contributed by atoms with Gasteiger partial charge < -0.3 is 14.2 Å². The Kier molecular flexibility index (Phi) is 2.78. The maximum Gasteiger partial charge on any atom is 0.256 e. The van der Waals surface area contributed by atoms with Crippen molar-refractivity contribution in [3.63, 3.8) is 0 Å². The van der Waals surface area contributed by atoms with Crippen LogP contribution in [0.3, 0.4) is 0 Å². The zero-order valence-corrected chi connectivity index (χ0v) is 11.4. The summed E-state index contributed by atoms with van der Waals surface area (Å²) in [6.45, 7) is 0.588. The fourth-order valence-electron chi connectivity index (χ4n) is 2.05. The van der Waals surface area contributed by atoms with Crippen LogP contribution in [0, 0.1) is 0 Å². The number of fused-ring (bicyclic) bond motifs is 2. The van der Waals surface area contributed by atoms with E-state index in [4.69, 9.17) is 25.8 Å². The molecule has 0 saturated carbocycles. The van der Waals surface area contributed by atoms with Crippen LogP contribution in [0.5, 0.6) is 17.4 Å². The molecule has 0 aliphatic carbocycles. The van der Waals surface area contributed by atoms with Gasteiger partial charge in [-0.2, -0.15) is 19.6 Å². The second kappa shape index (κ2) is 4.78. The van der Waals surface area contributed by atoms with Crippen LogP contribution in [-0.4, -0.2) is 26.4 Å². The summed E-state index contributed by atoms with van der Waals surface area (Å²) in [5.41, 5.74) is 0.945. The Morgan fingerprint density at radius 2 is 2.14 bits per heavy atom. The predicted molar refractivity (Wildman–Crippen MR) is 72.7 cm³/mol. The number of hydrogen-bond donors (Lipinski definition) is 0. The molecular weight excluding hydrogens is 296 g/mol. The lowest BCUT2D eigenvalue weighted by Crippen LogP contribution is -2.02. The summed E-state index contributed by atoms with van der Waals surface area (Å²) in [6, 6.07) is 7.24. The molecule has 1 aliphatic rings. The van der Waals surface area contributed by atoms with Gasteiger partial charge in [-0.1, -0.05) is 17.7 Å². The molecule has 8 heteroatoms. The first-order chi connectivity index (χ1) is 10.3. The third-order valence-corrected chi connectivity index (χ3v) is 3.21. The molecule has 21 heavy (non-hydrogen) atoms. The Morgan fingerprint density at radius 1 is 1.24 bits per heavy atom. The van der Waals surface area contributed by atoms with Crippen molar-refractivity contribution in [3.05, 3.63) is 41.3 Å². The van der Waals surface area contributed by atoms with Gasteiger partial charge >= 0.3 is 0 Å². The summed E-state index contributed by atoms with van der Waals surface area (Å²) in [7, 11) is 0. The lowest BCUT2D eigenvalue weighted by atomic mass is 10.2. The number of rotatable bonds is 3. The third-order valence-electron chi connectivity index (χ3n) is 3.01. The monoisotopic (exact) mass is 304 g/mol. The van der Waals surface area contributed by atoms with Crippen molar-refractivity contribution < 1.29 is 14.2 Å². The number of nitrogens with zero attached hydrogens (tertiary/aromatic N) is 4. The van der Waals surface area contributed by atoms with Crippen LogP contribution in [0.15, 0.2) is 30.6 Å². The standard InChI is InChI=1S/C13H9ClN4O3/c14-11-4-12(18-13(17-11)15-6-16-18)19-5-8-1-2-9-10(3-8)21-7-20-9/h1-4,6H,5,7H2. The predicted octanol–water partition coefficient (Wildman–Crippen LogP) is 2.09. The second-order valence-corrected chi connectivity index (χ2v) is 4.75. The first-order valence-electron chi connectivity index (χ1n) is 6.17. The SMILES string of the molecule is Clc1cc(OCc2ccc3c(c2)OCO3)n2ncnc2n1. The Labute approximate surface area is 124 Å². The Morgan fingerprint density at radius 3 is 3.10 bits per heavy atom. The van der Waals surface area contributed by atoms with E-state index >= 15 is 0 Å². The average Bonchev–Trinajstić information content (AvgIpc) is 3.12. The van der Waals surface area contributed by atoms with Crippen molar-refractivity contribution >= 4 is 17.4 Å². The molecule has 2 aromatic heterocycles. The zero-order valence-electron chi connectivity index (χ0n) is 10.7. The quantitative estimate of drug-likeness (QED) is 0.690. The van der Waals surface area contributed by atoms with Crippen molar-refractivity contribution in [1.29, 1.82) is 0 Å². The molecule has 0 bridgehead atoms. The molecule has 0 atom stereocenters. The first-order valence-corrected chi connectivity index (χ1v) is 6.55. The number of halogens is 1. The van der Waals surface area contributed by atoms with Crippen LogP contribution in [-0.2, 0) is 6.61 Å². The molecule has 106 valence electrons. The molecule has 7 nitrogen and oxygen atoms in total. The van der Waals surface area contributed by atoms with Gasteiger partial charge in [-0.15, -0.1) is 0 Å². The van der Waals surface area contributed by atoms with E-state index < -0.39 is 0 Å². The van der Waals surface area contributed by atoms with Crippen LogP contribution in [0.1, 0.15) is 5.56 Å². The molecule has 0 amide bonds. The van der Waals surface area contributed by atoms with Crippen molar-refractivity contribution in [2.24, 2.45) is 0 Å². The summed E-state index contributed by atoms with van der Waals surface area (Å²) in [5, 5.41) is 4.35. The van der Waals surface area contributed by atoms with E-state index in [-0.39, 0.29) is 6.79 Å². The van der Waals surface area contributed by atoms with Gasteiger partial charge in [-0.3, -0.25) is 0 Å². The molecule has 0 radical (unpaired) electrons. The molecule has 1 aromatic carbocycles. The van der Waals surface area contributed by atoms with Gasteiger partial charge in [0, 0.05) is 6.07 Å². The van der Waals surface area contributed by atoms with Gasteiger partial charge in [0.25, 0.3) is 5.78 Å². The maximum absolute atomic E-state index is 5.93. The van der Waals surface area contributed by atoms with E-state index in [1.807, 2.05) is 18.2 Å². The Bertz CT molecular complexity index is 820. The minimum atomic E-state index is 0.249. The topological polar surface area (TPSA) is 70.8 Å². The van der Waals surface area contributed by atoms with Gasteiger partial charge in [0.15, 0.2) is 11.5 Å². The highest BCUT2D eigenvalue weighted by atomic mass is 35.5. The molecule has 3 heterocycles. The average molecular weight is 305 g/mol. The van der Waals surface area contributed by atoms with Crippen LogP contribution < -0.4 is 14.2 Å². The van der Waals surface area contributed by atoms with E-state index in [1.54, 1.807) is 6.07 Å². The summed E-state index contributed by atoms with van der Waals surface area (Å²) in [5.74, 6) is 2.32. The molecule has 0 spiro atoms. The fraction of sp³-hybridized carbons (Fsp3) is 0.154. The molecular formula is C13H9ClN4O3. The lowest BCUT2D eigenvalue weighted by Gasteiger charge is -2.08. The smallest absolute Gasteiger partial charge is 0.256 e. The highest BCUT2D eigenvalue weighted by Crippen LogP contribution is 2.32. The highest BCUT2D eigenvalue weighted by molar-refractivity contribution is 6.29. The van der Waals surface area contributed by atoms with E-state index in [2.05, 4.69) is 15.1 Å². The largest absolute Gasteiger partial charge is 0.473 e. The summed E-state index contributed by atoms with van der Waals surface area (Å²) >= 11 is 5.93. The van der Waals surface area contributed by atoms with Crippen LogP contribution in [0.2, 0.25) is 5.15 Å². The van der Waals surface area contributed by atoms with Crippen molar-refractivity contribution in [2.45, 2.75) is 6.61 Å². The van der Waals surface area contributed by atoms with E-state index in [0.29, 0.717) is 23.4 Å². The number of hydrogen-bond acceptors (Lipinski definition) is 6. The van der Waals surface area contributed by atoms with Gasteiger partial charge in [-0.25, -0.2) is 0 Å². The van der Waals surface area contributed by atoms with E-state index in [1.165, 1.54) is 10.8 Å². The van der Waals surface area contributed by atoms with E-state index in [0.717, 1.165) is 17.1 Å². The zero-order chi connectivity index (χ0) is 14.2. The molecule has 0 fully saturated rings. The van der Waals surface area contributed by atoms with Crippen molar-refractivity contribution in [2.75, 3.05) is 6.79 Å². The molecule has 0 saturated heterocycles. The molecule has 1 aliphatic heterocycles. The van der Waals surface area contributed by atoms with Gasteiger partial charge in [0.1, 0.15) is 18.1 Å². The summed E-state index contributed by atoms with van der Waals surface area (Å²) < 4.78 is 17.8. The number of ether oxygens (including phenoxy) is 3. The second-order valence-electron chi connectivity index (χ2n) is 4.37. The number of aromatic nitrogens is 4. The molecule has 0 unspecified atom stereocenters. The minimum absolute atomic E-state index is 0.249. The molecule has 3 aromatic rings. The van der Waals surface area contributed by atoms with Gasteiger partial charge in [0.2, 0.25) is 12.7 Å². The normalized spacial score (nSPS) is 12.8. The highest BCUT2D eigenvalue weighted by Gasteiger charge is 2.14. The van der Waals surface area contributed by atoms with Crippen LogP contribution in [0.25, 0.3) is 5.78 Å². The summed E-state index contributed by atoms with van der Waals surface area (Å²) in [4.78, 5) is 8.02. The van der Waals surface area contributed by atoms with E-state index in [9.17, 15) is 0 Å². The Balaban J connectivity index is 1.59. The lowest BCUT2D eigenvalue weighted by molar-refractivity contribution is 0.174. The van der Waals surface area contributed by atoms with Crippen molar-refractivity contribution in [3.8, 4) is 17.4 Å². The molecule has 0 N–H and O–H groups in total. The minimum Gasteiger partial charge on any atom is -0.473 e. The van der Waals surface area contributed by atoms with Gasteiger partial charge in [-0.05, 0) is 17.7 Å². The third kappa shape index (κ3) is 2.21. The van der Waals surface area contributed by atoms with Crippen molar-refractivity contribution in [1.82, 2.24) is 19.6 Å². The first kappa shape index (κ1) is 12.2. The Hall–Kier alpha value is -2.54. The van der Waals surface area contributed by atoms with Crippen LogP contribution in [0.4, 0.5) is 0 Å². The number of benzene rings is 1.